The SMILES string of the molecule is CCO[C@@H](Cc1ccc(OCCN(C)C(c2ccc(-c3ccccc3)cc2)c2ccc(-c3ccccc3)cc2)cc1)C(=O)O. The van der Waals surface area contributed by atoms with Crippen molar-refractivity contribution in [2.45, 2.75) is 25.5 Å². The molecule has 1 N–H and O–H groups in total. The molecule has 0 aliphatic heterocycles. The van der Waals surface area contributed by atoms with Crippen molar-refractivity contribution >= 4 is 5.97 Å². The van der Waals surface area contributed by atoms with Crippen LogP contribution in [-0.4, -0.2) is 48.9 Å². The lowest BCUT2D eigenvalue weighted by Crippen LogP contribution is -2.29. The van der Waals surface area contributed by atoms with Gasteiger partial charge in [0.05, 0.1) is 6.04 Å². The van der Waals surface area contributed by atoms with Crippen molar-refractivity contribution in [1.29, 1.82) is 0 Å². The van der Waals surface area contributed by atoms with E-state index in [1.54, 1.807) is 6.92 Å². The van der Waals surface area contributed by atoms with Gasteiger partial charge in [0, 0.05) is 19.6 Å². The number of rotatable bonds is 14. The molecule has 0 spiro atoms. The number of hydrogen-bond acceptors (Lipinski definition) is 4. The van der Waals surface area contributed by atoms with Gasteiger partial charge in [0.2, 0.25) is 0 Å². The van der Waals surface area contributed by atoms with Crippen LogP contribution in [0.2, 0.25) is 0 Å². The monoisotopic (exact) mass is 585 g/mol. The van der Waals surface area contributed by atoms with E-state index in [1.165, 1.54) is 33.4 Å². The molecule has 0 fully saturated rings. The minimum atomic E-state index is -0.950. The van der Waals surface area contributed by atoms with Gasteiger partial charge in [-0.05, 0) is 65.0 Å². The molecule has 0 radical (unpaired) electrons. The highest BCUT2D eigenvalue weighted by molar-refractivity contribution is 5.72. The van der Waals surface area contributed by atoms with E-state index in [0.29, 0.717) is 26.2 Å². The molecule has 0 amide bonds. The molecule has 5 aromatic carbocycles. The zero-order valence-corrected chi connectivity index (χ0v) is 25.3. The van der Waals surface area contributed by atoms with E-state index in [-0.39, 0.29) is 6.04 Å². The summed E-state index contributed by atoms with van der Waals surface area (Å²) >= 11 is 0. The Kier molecular flexibility index (Phi) is 10.6. The highest BCUT2D eigenvalue weighted by Gasteiger charge is 2.20. The van der Waals surface area contributed by atoms with Gasteiger partial charge in [0.25, 0.3) is 0 Å². The van der Waals surface area contributed by atoms with Gasteiger partial charge in [-0.25, -0.2) is 4.79 Å². The molecule has 0 bridgehead atoms. The van der Waals surface area contributed by atoms with Gasteiger partial charge < -0.3 is 14.6 Å². The predicted octanol–water partition coefficient (Wildman–Crippen LogP) is 8.15. The fourth-order valence-corrected chi connectivity index (χ4v) is 5.47. The maximum atomic E-state index is 11.4. The standard InChI is InChI=1S/C39H39NO4/c1-3-43-37(39(41)42)28-29-14-24-36(25-15-29)44-27-26-40(2)38(34-20-16-32(17-21-34)30-10-6-4-7-11-30)35-22-18-33(19-23-35)31-12-8-5-9-13-31/h4-25,37-38H,3,26-28H2,1-2H3,(H,41,42)/t37-/m0/s1. The second-order valence-corrected chi connectivity index (χ2v) is 10.8. The summed E-state index contributed by atoms with van der Waals surface area (Å²) in [4.78, 5) is 13.8. The van der Waals surface area contributed by atoms with Crippen molar-refractivity contribution in [1.82, 2.24) is 4.90 Å². The van der Waals surface area contributed by atoms with E-state index in [1.807, 2.05) is 36.4 Å². The van der Waals surface area contributed by atoms with Gasteiger partial charge in [-0.1, -0.05) is 121 Å². The number of carboxylic acids is 1. The van der Waals surface area contributed by atoms with Gasteiger partial charge >= 0.3 is 5.97 Å². The van der Waals surface area contributed by atoms with Gasteiger partial charge in [-0.2, -0.15) is 0 Å². The molecule has 0 aliphatic rings. The smallest absolute Gasteiger partial charge is 0.333 e. The predicted molar refractivity (Wildman–Crippen MR) is 177 cm³/mol. The Morgan fingerprint density at radius 3 is 1.61 bits per heavy atom. The molecule has 5 rings (SSSR count). The van der Waals surface area contributed by atoms with Crippen LogP contribution in [0.1, 0.15) is 29.7 Å². The van der Waals surface area contributed by atoms with Crippen molar-refractivity contribution in [3.63, 3.8) is 0 Å². The Morgan fingerprint density at radius 1 is 0.682 bits per heavy atom. The van der Waals surface area contributed by atoms with Crippen LogP contribution in [0.5, 0.6) is 5.75 Å². The number of aliphatic carboxylic acids is 1. The normalized spacial score (nSPS) is 11.9. The van der Waals surface area contributed by atoms with Crippen LogP contribution in [-0.2, 0) is 16.0 Å². The first-order valence-electron chi connectivity index (χ1n) is 15.1. The molecule has 0 aliphatic carbocycles. The van der Waals surface area contributed by atoms with Crippen LogP contribution in [0, 0.1) is 0 Å². The maximum absolute atomic E-state index is 11.4. The minimum Gasteiger partial charge on any atom is -0.492 e. The number of likely N-dealkylation sites (N-methyl/N-ethyl adjacent to an activating group) is 1. The molecule has 1 atom stereocenters. The van der Waals surface area contributed by atoms with E-state index >= 15 is 0 Å². The Hall–Kier alpha value is -4.71. The third kappa shape index (κ3) is 8.01. The Balaban J connectivity index is 1.29. The lowest BCUT2D eigenvalue weighted by molar-refractivity contribution is -0.149. The van der Waals surface area contributed by atoms with Crippen LogP contribution in [0.4, 0.5) is 0 Å². The van der Waals surface area contributed by atoms with E-state index < -0.39 is 12.1 Å². The van der Waals surface area contributed by atoms with Crippen LogP contribution in [0.3, 0.4) is 0 Å². The molecule has 224 valence electrons. The van der Waals surface area contributed by atoms with Crippen LogP contribution in [0.15, 0.2) is 133 Å². The molecule has 44 heavy (non-hydrogen) atoms. The molecular weight excluding hydrogens is 546 g/mol. The van der Waals surface area contributed by atoms with Crippen molar-refractivity contribution in [2.24, 2.45) is 0 Å². The number of carbonyl (C=O) groups is 1. The summed E-state index contributed by atoms with van der Waals surface area (Å²) in [6, 6.07) is 46.2. The lowest BCUT2D eigenvalue weighted by atomic mass is 9.93. The number of ether oxygens (including phenoxy) is 2. The molecule has 5 nitrogen and oxygen atoms in total. The van der Waals surface area contributed by atoms with Crippen molar-refractivity contribution in [3.8, 4) is 28.0 Å². The summed E-state index contributed by atoms with van der Waals surface area (Å²) in [7, 11) is 2.13. The molecule has 0 saturated heterocycles. The fourth-order valence-electron chi connectivity index (χ4n) is 5.47. The molecule has 0 aromatic heterocycles. The van der Waals surface area contributed by atoms with Gasteiger partial charge in [-0.3, -0.25) is 4.90 Å². The molecule has 0 unspecified atom stereocenters. The topological polar surface area (TPSA) is 59.0 Å². The molecule has 5 heteroatoms. The van der Waals surface area contributed by atoms with Crippen LogP contribution >= 0.6 is 0 Å². The largest absolute Gasteiger partial charge is 0.492 e. The van der Waals surface area contributed by atoms with E-state index in [4.69, 9.17) is 9.47 Å². The van der Waals surface area contributed by atoms with Gasteiger partial charge in [-0.15, -0.1) is 0 Å². The van der Waals surface area contributed by atoms with Crippen LogP contribution < -0.4 is 4.74 Å². The summed E-state index contributed by atoms with van der Waals surface area (Å²) in [6.45, 7) is 3.38. The van der Waals surface area contributed by atoms with Crippen molar-refractivity contribution in [3.05, 3.63) is 150 Å². The van der Waals surface area contributed by atoms with Gasteiger partial charge in [0.1, 0.15) is 12.4 Å². The van der Waals surface area contributed by atoms with E-state index in [2.05, 4.69) is 109 Å². The third-order valence-corrected chi connectivity index (χ3v) is 7.81. The third-order valence-electron chi connectivity index (χ3n) is 7.81. The quantitative estimate of drug-likeness (QED) is 0.143. The first-order valence-corrected chi connectivity index (χ1v) is 15.1. The maximum Gasteiger partial charge on any atom is 0.333 e. The van der Waals surface area contributed by atoms with Crippen LogP contribution in [0.25, 0.3) is 22.3 Å². The Morgan fingerprint density at radius 2 is 1.16 bits per heavy atom. The summed E-state index contributed by atoms with van der Waals surface area (Å²) < 4.78 is 11.5. The minimum absolute atomic E-state index is 0.0436. The summed E-state index contributed by atoms with van der Waals surface area (Å²) in [5.41, 5.74) is 8.11. The molecule has 0 heterocycles. The highest BCUT2D eigenvalue weighted by atomic mass is 16.5. The zero-order valence-electron chi connectivity index (χ0n) is 25.3. The number of nitrogens with zero attached hydrogens (tertiary/aromatic N) is 1. The first-order chi connectivity index (χ1) is 21.5. The fraction of sp³-hybridized carbons (Fsp3) is 0.205. The number of hydrogen-bond donors (Lipinski definition) is 1. The summed E-state index contributed by atoms with van der Waals surface area (Å²) in [6.07, 6.45) is -0.527. The summed E-state index contributed by atoms with van der Waals surface area (Å²) in [5, 5.41) is 9.38. The van der Waals surface area contributed by atoms with E-state index in [0.717, 1.165) is 11.3 Å². The second kappa shape index (κ2) is 15.1. The first kappa shape index (κ1) is 30.7. The number of carboxylic acid groups (broad SMARTS) is 1. The molecular formula is C39H39NO4. The molecule has 0 saturated carbocycles. The van der Waals surface area contributed by atoms with Crippen molar-refractivity contribution < 1.29 is 19.4 Å². The Bertz CT molecular complexity index is 1500. The van der Waals surface area contributed by atoms with Gasteiger partial charge in [0.15, 0.2) is 6.10 Å². The lowest BCUT2D eigenvalue weighted by Gasteiger charge is -2.29. The van der Waals surface area contributed by atoms with E-state index in [9.17, 15) is 9.90 Å². The number of benzene rings is 5. The zero-order chi connectivity index (χ0) is 30.7. The summed E-state index contributed by atoms with van der Waals surface area (Å²) in [5.74, 6) is -0.199. The second-order valence-electron chi connectivity index (χ2n) is 10.8. The average Bonchev–Trinajstić information content (AvgIpc) is 3.07. The Labute approximate surface area is 260 Å². The van der Waals surface area contributed by atoms with Crippen molar-refractivity contribution in [2.75, 3.05) is 26.8 Å². The highest BCUT2D eigenvalue weighted by Crippen LogP contribution is 2.31. The average molecular weight is 586 g/mol. The molecule has 5 aromatic rings.